The van der Waals surface area contributed by atoms with Crippen LogP contribution >= 0.6 is 27.7 Å². The van der Waals surface area contributed by atoms with Gasteiger partial charge in [-0.3, -0.25) is 14.4 Å². The third-order valence-electron chi connectivity index (χ3n) is 8.06. The van der Waals surface area contributed by atoms with Crippen molar-refractivity contribution in [2.75, 3.05) is 18.5 Å². The second-order valence-electron chi connectivity index (χ2n) is 11.0. The van der Waals surface area contributed by atoms with E-state index in [9.17, 15) is 19.5 Å². The van der Waals surface area contributed by atoms with Gasteiger partial charge in [0.1, 0.15) is 11.8 Å². The number of hydrogen-bond acceptors (Lipinski definition) is 6. The number of carbonyl (C=O) groups is 3. The fraction of sp³-hybridized carbons (Fsp3) is 0.500. The summed E-state index contributed by atoms with van der Waals surface area (Å²) in [5.41, 5.74) is 1.59. The molecule has 3 aliphatic heterocycles. The molecule has 3 unspecified atom stereocenters. The number of benzene rings is 2. The van der Waals surface area contributed by atoms with E-state index in [1.54, 1.807) is 40.9 Å². The van der Waals surface area contributed by atoms with E-state index in [2.05, 4.69) is 26.6 Å². The molecule has 40 heavy (non-hydrogen) atoms. The number of alkyl halides is 1. The summed E-state index contributed by atoms with van der Waals surface area (Å²) in [6.07, 6.45) is 0.994. The highest BCUT2D eigenvalue weighted by atomic mass is 79.9. The van der Waals surface area contributed by atoms with Gasteiger partial charge < -0.3 is 25.4 Å². The van der Waals surface area contributed by atoms with Gasteiger partial charge in [0.15, 0.2) is 0 Å². The van der Waals surface area contributed by atoms with Crippen LogP contribution in [0.2, 0.25) is 0 Å². The zero-order valence-corrected chi connectivity index (χ0v) is 25.3. The number of amides is 3. The maximum Gasteiger partial charge on any atom is 0.244 e. The summed E-state index contributed by atoms with van der Waals surface area (Å²) in [7, 11) is 0. The molecule has 3 fully saturated rings. The summed E-state index contributed by atoms with van der Waals surface area (Å²) < 4.78 is 4.73. The van der Waals surface area contributed by atoms with E-state index in [4.69, 9.17) is 4.74 Å². The van der Waals surface area contributed by atoms with Gasteiger partial charge in [-0.2, -0.15) is 0 Å². The maximum absolute atomic E-state index is 14.4. The average molecular weight is 631 g/mol. The predicted octanol–water partition coefficient (Wildman–Crippen LogP) is 3.62. The first kappa shape index (κ1) is 29.0. The number of thioether (sulfide) groups is 1. The topological polar surface area (TPSA) is 108 Å². The van der Waals surface area contributed by atoms with Crippen LogP contribution in [-0.2, 0) is 20.8 Å². The molecule has 0 aromatic heterocycles. The van der Waals surface area contributed by atoms with Crippen LogP contribution in [0.3, 0.4) is 0 Å². The normalized spacial score (nSPS) is 29.4. The highest BCUT2D eigenvalue weighted by molar-refractivity contribution is 9.09. The molecular formula is C30H36BrN3O5S. The summed E-state index contributed by atoms with van der Waals surface area (Å²) in [5, 5.41) is 16.4. The lowest BCUT2D eigenvalue weighted by Gasteiger charge is -2.37. The van der Waals surface area contributed by atoms with Crippen molar-refractivity contribution in [2.45, 2.75) is 66.6 Å². The standard InChI is InChI=1S/C30H36BrN3O5S/c1-4-39-21-12-10-19(11-13-21)33-27(36)23-24-29(38)34(20(16-35)14-18-8-6-5-7-9-18)26(28(37)32-17(2)3)30(24)15-22(31)25(23)40-30/h5-13,17,20,22-26,35H,4,14-16H2,1-3H3,(H,32,37)(H,33,36)/t20-,22?,23-,24+,25-,26?,30?/m1/s1. The first-order valence-corrected chi connectivity index (χ1v) is 15.6. The van der Waals surface area contributed by atoms with Crippen LogP contribution < -0.4 is 15.4 Å². The van der Waals surface area contributed by atoms with Gasteiger partial charge in [0.25, 0.3) is 0 Å². The van der Waals surface area contributed by atoms with Gasteiger partial charge in [-0.1, -0.05) is 46.3 Å². The van der Waals surface area contributed by atoms with Crippen molar-refractivity contribution in [3.8, 4) is 5.75 Å². The van der Waals surface area contributed by atoms with Crippen molar-refractivity contribution in [3.05, 3.63) is 60.2 Å². The molecule has 7 atom stereocenters. The molecule has 5 rings (SSSR count). The Labute approximate surface area is 247 Å². The van der Waals surface area contributed by atoms with Gasteiger partial charge in [0.2, 0.25) is 17.7 Å². The fourth-order valence-electron chi connectivity index (χ4n) is 6.59. The van der Waals surface area contributed by atoms with E-state index in [1.807, 2.05) is 51.1 Å². The van der Waals surface area contributed by atoms with Crippen molar-refractivity contribution in [1.29, 1.82) is 0 Å². The average Bonchev–Trinajstić information content (AvgIpc) is 3.52. The summed E-state index contributed by atoms with van der Waals surface area (Å²) in [6.45, 7) is 5.95. The Morgan fingerprint density at radius 1 is 1.15 bits per heavy atom. The van der Waals surface area contributed by atoms with E-state index in [-0.39, 0.29) is 40.4 Å². The molecule has 10 heteroatoms. The number of nitrogens with one attached hydrogen (secondary N) is 2. The summed E-state index contributed by atoms with van der Waals surface area (Å²) in [6, 6.07) is 15.3. The number of fused-ring (bicyclic) bond motifs is 1. The molecule has 214 valence electrons. The molecule has 3 amide bonds. The van der Waals surface area contributed by atoms with Crippen LogP contribution in [0.5, 0.6) is 5.75 Å². The van der Waals surface area contributed by atoms with E-state index >= 15 is 0 Å². The lowest BCUT2D eigenvalue weighted by Crippen LogP contribution is -2.58. The Morgan fingerprint density at radius 3 is 2.48 bits per heavy atom. The molecule has 2 aromatic carbocycles. The summed E-state index contributed by atoms with van der Waals surface area (Å²) in [4.78, 5) is 43.6. The van der Waals surface area contributed by atoms with Crippen molar-refractivity contribution in [2.24, 2.45) is 11.8 Å². The maximum atomic E-state index is 14.4. The van der Waals surface area contributed by atoms with Gasteiger partial charge in [0, 0.05) is 21.8 Å². The number of halogens is 1. The Balaban J connectivity index is 1.49. The number of anilines is 1. The Kier molecular flexibility index (Phi) is 8.50. The summed E-state index contributed by atoms with van der Waals surface area (Å²) in [5.74, 6) is -1.30. The van der Waals surface area contributed by atoms with Crippen LogP contribution in [-0.4, -0.2) is 73.9 Å². The fourth-order valence-corrected chi connectivity index (χ4v) is 10.2. The van der Waals surface area contributed by atoms with E-state index < -0.39 is 28.7 Å². The van der Waals surface area contributed by atoms with E-state index in [1.165, 1.54) is 0 Å². The monoisotopic (exact) mass is 629 g/mol. The summed E-state index contributed by atoms with van der Waals surface area (Å²) >= 11 is 5.38. The molecule has 0 aliphatic carbocycles. The predicted molar refractivity (Wildman–Crippen MR) is 160 cm³/mol. The zero-order chi connectivity index (χ0) is 28.6. The van der Waals surface area contributed by atoms with Crippen molar-refractivity contribution in [3.63, 3.8) is 0 Å². The van der Waals surface area contributed by atoms with Crippen LogP contribution in [0.4, 0.5) is 5.69 Å². The molecular weight excluding hydrogens is 594 g/mol. The van der Waals surface area contributed by atoms with E-state index in [0.717, 1.165) is 5.56 Å². The minimum absolute atomic E-state index is 0.0337. The van der Waals surface area contributed by atoms with Crippen LogP contribution in [0.25, 0.3) is 0 Å². The van der Waals surface area contributed by atoms with Gasteiger partial charge in [-0.25, -0.2) is 0 Å². The molecule has 3 heterocycles. The molecule has 2 bridgehead atoms. The molecule has 2 aromatic rings. The number of hydrogen-bond donors (Lipinski definition) is 3. The minimum atomic E-state index is -0.799. The molecule has 3 N–H and O–H groups in total. The highest BCUT2D eigenvalue weighted by Gasteiger charge is 2.76. The lowest BCUT2D eigenvalue weighted by molar-refractivity contribution is -0.142. The molecule has 8 nitrogen and oxygen atoms in total. The van der Waals surface area contributed by atoms with Crippen molar-refractivity contribution >= 4 is 51.1 Å². The second kappa shape index (κ2) is 11.7. The van der Waals surface area contributed by atoms with Gasteiger partial charge in [-0.05, 0) is 63.4 Å². The molecule has 0 saturated carbocycles. The Morgan fingerprint density at radius 2 is 1.85 bits per heavy atom. The number of aliphatic hydroxyl groups excluding tert-OH is 1. The van der Waals surface area contributed by atoms with Crippen molar-refractivity contribution < 1.29 is 24.2 Å². The van der Waals surface area contributed by atoms with Crippen LogP contribution in [0.1, 0.15) is 32.8 Å². The van der Waals surface area contributed by atoms with Gasteiger partial charge >= 0.3 is 0 Å². The zero-order valence-electron chi connectivity index (χ0n) is 22.9. The SMILES string of the molecule is CCOc1ccc(NC(=O)[C@H]2[C@@H]3SC4(CC3Br)C(C(=O)NC(C)C)N([C@@H](CO)Cc3ccccc3)C(=O)[C@H]24)cc1. The van der Waals surface area contributed by atoms with Crippen LogP contribution in [0, 0.1) is 11.8 Å². The third kappa shape index (κ3) is 5.14. The highest BCUT2D eigenvalue weighted by Crippen LogP contribution is 2.68. The van der Waals surface area contributed by atoms with Crippen LogP contribution in [0.15, 0.2) is 54.6 Å². The largest absolute Gasteiger partial charge is 0.494 e. The number of aliphatic hydroxyl groups is 1. The molecule has 3 aliphatic rings. The number of likely N-dealkylation sites (tertiary alicyclic amines) is 1. The van der Waals surface area contributed by atoms with Gasteiger partial charge in [-0.15, -0.1) is 11.8 Å². The first-order chi connectivity index (χ1) is 19.2. The van der Waals surface area contributed by atoms with Crippen molar-refractivity contribution in [1.82, 2.24) is 10.2 Å². The third-order valence-corrected chi connectivity index (χ3v) is 11.3. The smallest absolute Gasteiger partial charge is 0.244 e. The molecule has 1 spiro atoms. The van der Waals surface area contributed by atoms with E-state index in [0.29, 0.717) is 30.9 Å². The minimum Gasteiger partial charge on any atom is -0.494 e. The Hall–Kier alpha value is -2.56. The Bertz CT molecular complexity index is 1250. The number of rotatable bonds is 10. The van der Waals surface area contributed by atoms with Gasteiger partial charge in [0.05, 0.1) is 35.8 Å². The second-order valence-corrected chi connectivity index (χ2v) is 13.8. The number of nitrogens with zero attached hydrogens (tertiary/aromatic N) is 1. The number of ether oxygens (including phenoxy) is 1. The lowest BCUT2D eigenvalue weighted by atomic mass is 9.70. The number of carbonyl (C=O) groups excluding carboxylic acids is 3. The first-order valence-electron chi connectivity index (χ1n) is 13.8. The quantitative estimate of drug-likeness (QED) is 0.347. The molecule has 3 saturated heterocycles. The molecule has 0 radical (unpaired) electrons.